The smallest absolute Gasteiger partial charge is 0.128 e. The minimum atomic E-state index is 0.157. The van der Waals surface area contributed by atoms with Gasteiger partial charge in [0.1, 0.15) is 18.0 Å². The Labute approximate surface area is 130 Å². The van der Waals surface area contributed by atoms with E-state index in [0.717, 1.165) is 41.8 Å². The van der Waals surface area contributed by atoms with Gasteiger partial charge in [0.25, 0.3) is 0 Å². The van der Waals surface area contributed by atoms with Gasteiger partial charge >= 0.3 is 0 Å². The standard InChI is InChI=1S/C16H24BrNO2/c1-4-8-18-13-10-15(16(13)19-5-2)20-14-7-6-12(17)9-11(14)3/h6-7,9,13,15-16,18H,4-5,8,10H2,1-3H3. The summed E-state index contributed by atoms with van der Waals surface area (Å²) in [4.78, 5) is 0. The molecule has 20 heavy (non-hydrogen) atoms. The molecule has 1 N–H and O–H groups in total. The fourth-order valence-corrected chi connectivity index (χ4v) is 3.03. The normalized spacial score (nSPS) is 25.3. The van der Waals surface area contributed by atoms with Crippen molar-refractivity contribution < 1.29 is 9.47 Å². The highest BCUT2D eigenvalue weighted by molar-refractivity contribution is 9.10. The van der Waals surface area contributed by atoms with Crippen LogP contribution in [0.25, 0.3) is 0 Å². The first-order valence-electron chi connectivity index (χ1n) is 7.43. The average molecular weight is 342 g/mol. The molecule has 1 aromatic rings. The van der Waals surface area contributed by atoms with Gasteiger partial charge in [0, 0.05) is 23.5 Å². The lowest BCUT2D eigenvalue weighted by Gasteiger charge is -2.44. The molecule has 1 aromatic carbocycles. The maximum atomic E-state index is 6.13. The van der Waals surface area contributed by atoms with Gasteiger partial charge in [-0.2, -0.15) is 0 Å². The van der Waals surface area contributed by atoms with Crippen molar-refractivity contribution in [2.45, 2.75) is 51.9 Å². The summed E-state index contributed by atoms with van der Waals surface area (Å²) in [5.41, 5.74) is 1.15. The maximum Gasteiger partial charge on any atom is 0.128 e. The van der Waals surface area contributed by atoms with Gasteiger partial charge in [-0.15, -0.1) is 0 Å². The van der Waals surface area contributed by atoms with Gasteiger partial charge in [-0.05, 0) is 50.6 Å². The number of halogens is 1. The summed E-state index contributed by atoms with van der Waals surface area (Å²) in [5, 5.41) is 3.53. The summed E-state index contributed by atoms with van der Waals surface area (Å²) in [6.45, 7) is 8.06. The minimum absolute atomic E-state index is 0.157. The van der Waals surface area contributed by atoms with E-state index < -0.39 is 0 Å². The largest absolute Gasteiger partial charge is 0.487 e. The van der Waals surface area contributed by atoms with E-state index in [-0.39, 0.29) is 12.2 Å². The topological polar surface area (TPSA) is 30.5 Å². The van der Waals surface area contributed by atoms with E-state index in [1.807, 2.05) is 19.1 Å². The summed E-state index contributed by atoms with van der Waals surface area (Å²) in [5.74, 6) is 0.955. The lowest BCUT2D eigenvalue weighted by atomic mass is 9.85. The first-order chi connectivity index (χ1) is 9.65. The highest BCUT2D eigenvalue weighted by Gasteiger charge is 2.43. The van der Waals surface area contributed by atoms with Crippen LogP contribution in [0.3, 0.4) is 0 Å². The maximum absolute atomic E-state index is 6.13. The first-order valence-corrected chi connectivity index (χ1v) is 8.22. The Hall–Kier alpha value is -0.580. The summed E-state index contributed by atoms with van der Waals surface area (Å²) in [6, 6.07) is 6.55. The number of nitrogens with one attached hydrogen (secondary N) is 1. The molecule has 1 fully saturated rings. The molecule has 3 nitrogen and oxygen atoms in total. The van der Waals surface area contributed by atoms with Crippen molar-refractivity contribution in [3.63, 3.8) is 0 Å². The van der Waals surface area contributed by atoms with Crippen LogP contribution in [0.1, 0.15) is 32.3 Å². The molecular formula is C16H24BrNO2. The van der Waals surface area contributed by atoms with E-state index in [0.29, 0.717) is 6.04 Å². The van der Waals surface area contributed by atoms with Crippen LogP contribution in [0, 0.1) is 6.92 Å². The van der Waals surface area contributed by atoms with Gasteiger partial charge < -0.3 is 14.8 Å². The lowest BCUT2D eigenvalue weighted by molar-refractivity contribution is -0.104. The van der Waals surface area contributed by atoms with Crippen molar-refractivity contribution in [3.05, 3.63) is 28.2 Å². The molecular weight excluding hydrogens is 318 g/mol. The SMILES string of the molecule is CCCNC1CC(Oc2ccc(Br)cc2C)C1OCC. The molecule has 2 rings (SSSR count). The number of benzene rings is 1. The van der Waals surface area contributed by atoms with E-state index in [1.54, 1.807) is 0 Å². The van der Waals surface area contributed by atoms with Crippen molar-refractivity contribution in [1.82, 2.24) is 5.32 Å². The molecule has 4 heteroatoms. The first kappa shape index (κ1) is 15.8. The van der Waals surface area contributed by atoms with Gasteiger partial charge in [-0.25, -0.2) is 0 Å². The molecule has 1 aliphatic rings. The van der Waals surface area contributed by atoms with Crippen LogP contribution in [-0.2, 0) is 4.74 Å². The van der Waals surface area contributed by atoms with Crippen LogP contribution < -0.4 is 10.1 Å². The predicted octanol–water partition coefficient (Wildman–Crippen LogP) is 3.68. The molecule has 3 unspecified atom stereocenters. The van der Waals surface area contributed by atoms with Crippen molar-refractivity contribution >= 4 is 15.9 Å². The van der Waals surface area contributed by atoms with Crippen LogP contribution >= 0.6 is 15.9 Å². The van der Waals surface area contributed by atoms with E-state index in [1.165, 1.54) is 0 Å². The van der Waals surface area contributed by atoms with Gasteiger partial charge in [0.15, 0.2) is 0 Å². The molecule has 112 valence electrons. The van der Waals surface area contributed by atoms with Crippen LogP contribution in [0.5, 0.6) is 5.75 Å². The Morgan fingerprint density at radius 2 is 2.15 bits per heavy atom. The zero-order chi connectivity index (χ0) is 14.5. The summed E-state index contributed by atoms with van der Waals surface area (Å²) >= 11 is 3.48. The van der Waals surface area contributed by atoms with Gasteiger partial charge in [-0.1, -0.05) is 22.9 Å². The van der Waals surface area contributed by atoms with E-state index >= 15 is 0 Å². The van der Waals surface area contributed by atoms with E-state index in [4.69, 9.17) is 9.47 Å². The Kier molecular flexibility index (Phi) is 5.87. The molecule has 0 amide bonds. The summed E-state index contributed by atoms with van der Waals surface area (Å²) < 4.78 is 13.0. The Bertz CT molecular complexity index is 438. The Morgan fingerprint density at radius 1 is 1.35 bits per heavy atom. The third kappa shape index (κ3) is 3.74. The second-order valence-electron chi connectivity index (χ2n) is 5.28. The van der Waals surface area contributed by atoms with Crippen LogP contribution in [-0.4, -0.2) is 31.4 Å². The lowest BCUT2D eigenvalue weighted by Crippen LogP contribution is -2.61. The molecule has 0 heterocycles. The molecule has 0 aromatic heterocycles. The third-order valence-electron chi connectivity index (χ3n) is 3.68. The van der Waals surface area contributed by atoms with Crippen LogP contribution in [0.15, 0.2) is 22.7 Å². The Morgan fingerprint density at radius 3 is 2.80 bits per heavy atom. The molecule has 0 spiro atoms. The second-order valence-corrected chi connectivity index (χ2v) is 6.20. The summed E-state index contributed by atoms with van der Waals surface area (Å²) in [7, 11) is 0. The molecule has 3 atom stereocenters. The zero-order valence-electron chi connectivity index (χ0n) is 12.5. The van der Waals surface area contributed by atoms with Gasteiger partial charge in [0.05, 0.1) is 0 Å². The zero-order valence-corrected chi connectivity index (χ0v) is 14.1. The van der Waals surface area contributed by atoms with E-state index in [9.17, 15) is 0 Å². The third-order valence-corrected chi connectivity index (χ3v) is 4.17. The van der Waals surface area contributed by atoms with Crippen LogP contribution in [0.2, 0.25) is 0 Å². The molecule has 0 aliphatic heterocycles. The number of hydrogen-bond acceptors (Lipinski definition) is 3. The van der Waals surface area contributed by atoms with Crippen molar-refractivity contribution in [2.75, 3.05) is 13.2 Å². The highest BCUT2D eigenvalue weighted by Crippen LogP contribution is 2.31. The fraction of sp³-hybridized carbons (Fsp3) is 0.625. The predicted molar refractivity (Wildman–Crippen MR) is 85.4 cm³/mol. The molecule has 0 saturated heterocycles. The number of ether oxygens (including phenoxy) is 2. The average Bonchev–Trinajstić information content (AvgIpc) is 2.41. The van der Waals surface area contributed by atoms with Gasteiger partial charge in [0.2, 0.25) is 0 Å². The molecule has 1 aliphatic carbocycles. The molecule has 0 bridgehead atoms. The number of aryl methyl sites for hydroxylation is 1. The Balaban J connectivity index is 1.95. The fourth-order valence-electron chi connectivity index (χ4n) is 2.55. The highest BCUT2D eigenvalue weighted by atomic mass is 79.9. The quantitative estimate of drug-likeness (QED) is 0.820. The molecule has 0 radical (unpaired) electrons. The van der Waals surface area contributed by atoms with Crippen molar-refractivity contribution in [1.29, 1.82) is 0 Å². The van der Waals surface area contributed by atoms with Crippen LogP contribution in [0.4, 0.5) is 0 Å². The second kappa shape index (κ2) is 7.43. The van der Waals surface area contributed by atoms with Gasteiger partial charge in [-0.3, -0.25) is 0 Å². The van der Waals surface area contributed by atoms with Crippen molar-refractivity contribution in [2.24, 2.45) is 0 Å². The monoisotopic (exact) mass is 341 g/mol. The minimum Gasteiger partial charge on any atom is -0.487 e. The molecule has 1 saturated carbocycles. The number of rotatable bonds is 7. The summed E-state index contributed by atoms with van der Waals surface area (Å²) in [6.07, 6.45) is 2.48. The number of hydrogen-bond donors (Lipinski definition) is 1. The van der Waals surface area contributed by atoms with Crippen molar-refractivity contribution in [3.8, 4) is 5.75 Å². The van der Waals surface area contributed by atoms with E-state index in [2.05, 4.69) is 41.2 Å².